The average molecular weight is 435 g/mol. The minimum absolute atomic E-state index is 0.210. The van der Waals surface area contributed by atoms with E-state index in [2.05, 4.69) is 19.9 Å². The van der Waals surface area contributed by atoms with Crippen molar-refractivity contribution in [3.8, 4) is 0 Å². The van der Waals surface area contributed by atoms with Gasteiger partial charge in [0.25, 0.3) is 0 Å². The zero-order valence-electron chi connectivity index (χ0n) is 15.9. The van der Waals surface area contributed by atoms with E-state index >= 15 is 0 Å². The summed E-state index contributed by atoms with van der Waals surface area (Å²) in [5.41, 5.74) is 11.9. The van der Waals surface area contributed by atoms with Crippen molar-refractivity contribution in [1.29, 1.82) is 0 Å². The summed E-state index contributed by atoms with van der Waals surface area (Å²) in [7, 11) is 0. The normalized spacial score (nSPS) is 25.7. The molecule has 3 aromatic rings. The van der Waals surface area contributed by atoms with Crippen LogP contribution in [0.4, 0.5) is 5.82 Å². The third-order valence-electron chi connectivity index (χ3n) is 4.51. The maximum absolute atomic E-state index is 10.4. The zero-order chi connectivity index (χ0) is 21.9. The Labute approximate surface area is 174 Å². The van der Waals surface area contributed by atoms with Crippen molar-refractivity contribution < 1.29 is 24.9 Å². The van der Waals surface area contributed by atoms with Crippen LogP contribution in [0.25, 0.3) is 11.2 Å². The summed E-state index contributed by atoms with van der Waals surface area (Å²) in [6.45, 7) is -0.412. The summed E-state index contributed by atoms with van der Waals surface area (Å²) in [5, 5.41) is 28.3. The van der Waals surface area contributed by atoms with E-state index < -0.39 is 35.9 Å². The molecule has 0 spiro atoms. The Balaban J connectivity index is 0.000000239. The molecule has 7 N–H and O–H groups in total. The highest BCUT2D eigenvalue weighted by atomic mass is 32.2. The van der Waals surface area contributed by atoms with Crippen LogP contribution in [-0.2, 0) is 9.79 Å². The quantitative estimate of drug-likeness (QED) is 0.326. The molecule has 0 bridgehead atoms. The van der Waals surface area contributed by atoms with Crippen LogP contribution in [0.1, 0.15) is 10.4 Å². The minimum atomic E-state index is -1.34. The molecular formula is C17H21N7O5S. The molecule has 160 valence electrons. The molecule has 0 saturated carbocycles. The molecule has 3 aromatic heterocycles. The predicted molar refractivity (Wildman–Crippen MR) is 108 cm³/mol. The van der Waals surface area contributed by atoms with Crippen LogP contribution < -0.4 is 11.5 Å². The van der Waals surface area contributed by atoms with Crippen molar-refractivity contribution in [1.82, 2.24) is 24.5 Å². The first-order chi connectivity index (χ1) is 14.4. The number of rotatable bonds is 4. The lowest BCUT2D eigenvalue weighted by molar-refractivity contribution is -0.0773. The summed E-state index contributed by atoms with van der Waals surface area (Å²) >= 11 is 1.17. The molecule has 12 nitrogen and oxygen atoms in total. The van der Waals surface area contributed by atoms with E-state index in [-0.39, 0.29) is 5.82 Å². The Morgan fingerprint density at radius 3 is 2.67 bits per heavy atom. The summed E-state index contributed by atoms with van der Waals surface area (Å²) in [6, 6.07) is 3.29. The number of nitrogens with two attached hydrogens (primary N) is 2. The van der Waals surface area contributed by atoms with Crippen LogP contribution in [0.2, 0.25) is 0 Å². The number of aromatic nitrogens is 5. The number of primary amides is 1. The van der Waals surface area contributed by atoms with E-state index in [4.69, 9.17) is 16.2 Å². The molecule has 4 atom stereocenters. The van der Waals surface area contributed by atoms with E-state index in [1.807, 2.05) is 0 Å². The largest absolute Gasteiger partial charge is 0.394 e. The number of carbonyl (C=O) groups excluding carboxylic acids is 1. The lowest BCUT2D eigenvalue weighted by atomic mass is 10.1. The lowest BCUT2D eigenvalue weighted by Gasteiger charge is -2.31. The van der Waals surface area contributed by atoms with Gasteiger partial charge in [-0.1, -0.05) is 0 Å². The molecule has 4 heterocycles. The van der Waals surface area contributed by atoms with Crippen LogP contribution in [0.5, 0.6) is 0 Å². The highest BCUT2D eigenvalue weighted by Gasteiger charge is 2.56. The molecule has 0 unspecified atom stereocenters. The third kappa shape index (κ3) is 3.80. The van der Waals surface area contributed by atoms with Crippen LogP contribution >= 0.6 is 11.8 Å². The smallest absolute Gasteiger partial charge is 0.250 e. The topological polar surface area (TPSA) is 196 Å². The number of hydrogen-bond acceptors (Lipinski definition) is 11. The number of nitrogens with zero attached hydrogens (tertiary/aromatic N) is 5. The SMILES string of the molecule is CS[C@@]1(n2cnc3c(N)ncnc32)O[C@H](CO)[C@@H](O)[C@H]1O.NC(=O)c1cccnc1. The van der Waals surface area contributed by atoms with Crippen molar-refractivity contribution in [2.75, 3.05) is 18.6 Å². The highest BCUT2D eigenvalue weighted by Crippen LogP contribution is 2.44. The molecule has 0 radical (unpaired) electrons. The third-order valence-corrected chi connectivity index (χ3v) is 5.63. The first-order valence-electron chi connectivity index (χ1n) is 8.69. The number of pyridine rings is 1. The number of aliphatic hydroxyl groups excluding tert-OH is 3. The van der Waals surface area contributed by atoms with E-state index in [9.17, 15) is 20.1 Å². The molecule has 1 aliphatic heterocycles. The van der Waals surface area contributed by atoms with Crippen LogP contribution in [-0.4, -0.2) is 76.9 Å². The molecule has 0 aliphatic carbocycles. The minimum Gasteiger partial charge on any atom is -0.394 e. The Hall–Kier alpha value is -2.84. The number of anilines is 1. The zero-order valence-corrected chi connectivity index (χ0v) is 16.7. The van der Waals surface area contributed by atoms with Gasteiger partial charge in [0.15, 0.2) is 11.5 Å². The fraction of sp³-hybridized carbons (Fsp3) is 0.353. The molecule has 1 aliphatic rings. The summed E-state index contributed by atoms with van der Waals surface area (Å²) < 4.78 is 7.19. The molecule has 13 heteroatoms. The van der Waals surface area contributed by atoms with Gasteiger partial charge < -0.3 is 31.5 Å². The van der Waals surface area contributed by atoms with Gasteiger partial charge in [0.2, 0.25) is 11.0 Å². The number of nitrogen functional groups attached to an aromatic ring is 1. The van der Waals surface area contributed by atoms with E-state index in [0.717, 1.165) is 0 Å². The second-order valence-electron chi connectivity index (χ2n) is 6.26. The van der Waals surface area contributed by atoms with Crippen molar-refractivity contribution >= 4 is 34.7 Å². The first-order valence-corrected chi connectivity index (χ1v) is 9.92. The van der Waals surface area contributed by atoms with Crippen molar-refractivity contribution in [3.63, 3.8) is 0 Å². The maximum atomic E-state index is 10.4. The van der Waals surface area contributed by atoms with E-state index in [1.165, 1.54) is 35.2 Å². The standard InChI is InChI=1S/C11H15N5O4S.C6H6N2O/c1-21-11(8(19)7(18)5(2-17)20-11)16-4-15-6-9(12)13-3-14-10(6)16;7-6(9)5-2-1-3-8-4-5/h3-5,7-8,17-19H,2H2,1H3,(H2,12,13,14);1-4H,(H2,7,9)/t5-,7-,8-,11+;/m1./s1. The fourth-order valence-corrected chi connectivity index (χ4v) is 3.91. The number of amides is 1. The van der Waals surface area contributed by atoms with Gasteiger partial charge in [-0.05, 0) is 18.4 Å². The predicted octanol–water partition coefficient (Wildman–Crippen LogP) is -1.32. The Bertz CT molecular complexity index is 1020. The monoisotopic (exact) mass is 435 g/mol. The molecule has 1 fully saturated rings. The second kappa shape index (κ2) is 8.89. The van der Waals surface area contributed by atoms with Gasteiger partial charge in [-0.3, -0.25) is 14.3 Å². The summed E-state index contributed by atoms with van der Waals surface area (Å²) in [5.74, 6) is -0.232. The molecular weight excluding hydrogens is 414 g/mol. The number of ether oxygens (including phenoxy) is 1. The van der Waals surface area contributed by atoms with Gasteiger partial charge in [-0.15, -0.1) is 11.8 Å². The lowest BCUT2D eigenvalue weighted by Crippen LogP contribution is -2.42. The number of imidazole rings is 1. The second-order valence-corrected chi connectivity index (χ2v) is 7.25. The molecule has 1 amide bonds. The van der Waals surface area contributed by atoms with Crippen molar-refractivity contribution in [2.24, 2.45) is 5.73 Å². The maximum Gasteiger partial charge on any atom is 0.250 e. The average Bonchev–Trinajstić information content (AvgIpc) is 3.30. The Morgan fingerprint density at radius 1 is 1.37 bits per heavy atom. The van der Waals surface area contributed by atoms with Crippen molar-refractivity contribution in [3.05, 3.63) is 42.7 Å². The number of aliphatic hydroxyl groups is 3. The van der Waals surface area contributed by atoms with Gasteiger partial charge >= 0.3 is 0 Å². The van der Waals surface area contributed by atoms with Gasteiger partial charge in [-0.25, -0.2) is 15.0 Å². The van der Waals surface area contributed by atoms with Gasteiger partial charge in [0.1, 0.15) is 36.5 Å². The molecule has 1 saturated heterocycles. The van der Waals surface area contributed by atoms with Gasteiger partial charge in [0, 0.05) is 12.4 Å². The van der Waals surface area contributed by atoms with Gasteiger partial charge in [0.05, 0.1) is 12.2 Å². The highest BCUT2D eigenvalue weighted by molar-refractivity contribution is 7.99. The van der Waals surface area contributed by atoms with Crippen molar-refractivity contribution in [2.45, 2.75) is 23.4 Å². The van der Waals surface area contributed by atoms with E-state index in [0.29, 0.717) is 16.7 Å². The molecule has 30 heavy (non-hydrogen) atoms. The molecule has 0 aromatic carbocycles. The van der Waals surface area contributed by atoms with Crippen LogP contribution in [0, 0.1) is 0 Å². The van der Waals surface area contributed by atoms with Gasteiger partial charge in [-0.2, -0.15) is 0 Å². The number of thioether (sulfide) groups is 1. The Morgan fingerprint density at radius 2 is 2.13 bits per heavy atom. The summed E-state index contributed by atoms with van der Waals surface area (Å²) in [4.78, 5) is 26.2. The van der Waals surface area contributed by atoms with E-state index in [1.54, 1.807) is 24.6 Å². The fourth-order valence-electron chi connectivity index (χ4n) is 2.98. The number of carbonyl (C=O) groups is 1. The number of fused-ring (bicyclic) bond motifs is 1. The Kier molecular flexibility index (Phi) is 6.48. The van der Waals surface area contributed by atoms with Crippen LogP contribution in [0.15, 0.2) is 37.2 Å². The molecule has 4 rings (SSSR count). The number of hydrogen-bond donors (Lipinski definition) is 5. The van der Waals surface area contributed by atoms with Crippen LogP contribution in [0.3, 0.4) is 0 Å². The summed E-state index contributed by atoms with van der Waals surface area (Å²) in [6.07, 6.45) is 4.05. The first kappa shape index (κ1) is 21.9.